The lowest BCUT2D eigenvalue weighted by atomic mass is 9.90. The Morgan fingerprint density at radius 3 is 2.21 bits per heavy atom. The van der Waals surface area contributed by atoms with Gasteiger partial charge in [-0.1, -0.05) is 27.7 Å². The predicted octanol–water partition coefficient (Wildman–Crippen LogP) is 0.0509. The van der Waals surface area contributed by atoms with Crippen LogP contribution in [0.25, 0.3) is 0 Å². The molecular formula is C13H28N2O4. The molecule has 0 aromatic rings. The van der Waals surface area contributed by atoms with E-state index in [1.807, 2.05) is 27.7 Å². The van der Waals surface area contributed by atoms with Crippen molar-refractivity contribution in [1.29, 1.82) is 0 Å². The smallest absolute Gasteiger partial charge is 0.220 e. The largest absolute Gasteiger partial charge is 0.396 e. The number of rotatable bonds is 10. The van der Waals surface area contributed by atoms with Crippen molar-refractivity contribution in [3.63, 3.8) is 0 Å². The standard InChI is InChI=1S/C13H28N2O4/c1-12(2,9-16)7-11(18)14-5-6-19-15-8-13(3,4)10-17/h15-17H,5-10H2,1-4H3,(H,14,18). The van der Waals surface area contributed by atoms with E-state index in [2.05, 4.69) is 10.8 Å². The summed E-state index contributed by atoms with van der Waals surface area (Å²) in [5.74, 6) is -0.0988. The molecule has 4 N–H and O–H groups in total. The summed E-state index contributed by atoms with van der Waals surface area (Å²) >= 11 is 0. The molecule has 0 saturated heterocycles. The molecule has 0 aliphatic heterocycles. The van der Waals surface area contributed by atoms with Crippen LogP contribution in [0.15, 0.2) is 0 Å². The molecule has 1 amide bonds. The van der Waals surface area contributed by atoms with E-state index in [1.54, 1.807) is 0 Å². The van der Waals surface area contributed by atoms with Gasteiger partial charge in [-0.2, -0.15) is 0 Å². The second-order valence-electron chi connectivity index (χ2n) is 6.34. The molecule has 0 rings (SSSR count). The zero-order valence-electron chi connectivity index (χ0n) is 12.5. The third kappa shape index (κ3) is 9.84. The van der Waals surface area contributed by atoms with Gasteiger partial charge in [-0.15, -0.1) is 0 Å². The second-order valence-corrected chi connectivity index (χ2v) is 6.34. The van der Waals surface area contributed by atoms with Gasteiger partial charge in [0.15, 0.2) is 0 Å². The number of hydroxylamine groups is 1. The van der Waals surface area contributed by atoms with E-state index < -0.39 is 5.41 Å². The fraction of sp³-hybridized carbons (Fsp3) is 0.923. The summed E-state index contributed by atoms with van der Waals surface area (Å²) in [5, 5.41) is 20.8. The van der Waals surface area contributed by atoms with Crippen molar-refractivity contribution in [1.82, 2.24) is 10.8 Å². The molecule has 0 saturated carbocycles. The summed E-state index contributed by atoms with van der Waals surface area (Å²) in [6.07, 6.45) is 0.286. The van der Waals surface area contributed by atoms with Crippen molar-refractivity contribution in [2.75, 3.05) is 32.9 Å². The van der Waals surface area contributed by atoms with Crippen molar-refractivity contribution in [2.24, 2.45) is 10.8 Å². The molecule has 0 atom stereocenters. The highest BCUT2D eigenvalue weighted by molar-refractivity contribution is 5.76. The van der Waals surface area contributed by atoms with E-state index in [9.17, 15) is 4.79 Å². The minimum Gasteiger partial charge on any atom is -0.396 e. The molecule has 0 heterocycles. The van der Waals surface area contributed by atoms with Crippen molar-refractivity contribution >= 4 is 5.91 Å². The molecule has 6 heteroatoms. The van der Waals surface area contributed by atoms with Crippen LogP contribution in [0.2, 0.25) is 0 Å². The van der Waals surface area contributed by atoms with E-state index >= 15 is 0 Å². The SMILES string of the molecule is CC(C)(CO)CNOCCNC(=O)CC(C)(C)CO. The summed E-state index contributed by atoms with van der Waals surface area (Å²) in [4.78, 5) is 16.7. The van der Waals surface area contributed by atoms with Crippen LogP contribution in [-0.4, -0.2) is 49.0 Å². The van der Waals surface area contributed by atoms with E-state index in [0.29, 0.717) is 19.7 Å². The number of nitrogens with one attached hydrogen (secondary N) is 2. The second kappa shape index (κ2) is 8.47. The van der Waals surface area contributed by atoms with Crippen LogP contribution in [0.1, 0.15) is 34.1 Å². The molecule has 0 aliphatic rings. The Bertz CT molecular complexity index is 267. The Hall–Kier alpha value is -0.690. The highest BCUT2D eigenvalue weighted by atomic mass is 16.6. The summed E-state index contributed by atoms with van der Waals surface area (Å²) in [5.41, 5.74) is 2.14. The van der Waals surface area contributed by atoms with Crippen molar-refractivity contribution in [3.8, 4) is 0 Å². The minimum absolute atomic E-state index is 0.0191. The lowest BCUT2D eigenvalue weighted by Crippen LogP contribution is -2.36. The first-order chi connectivity index (χ1) is 8.72. The zero-order valence-corrected chi connectivity index (χ0v) is 12.5. The van der Waals surface area contributed by atoms with Gasteiger partial charge in [0.2, 0.25) is 5.91 Å². The Morgan fingerprint density at radius 2 is 1.68 bits per heavy atom. The van der Waals surface area contributed by atoms with Crippen LogP contribution in [0.4, 0.5) is 0 Å². The summed E-state index contributed by atoms with van der Waals surface area (Å²) in [7, 11) is 0. The lowest BCUT2D eigenvalue weighted by molar-refractivity contribution is -0.124. The molecule has 0 unspecified atom stereocenters. The molecule has 6 nitrogen and oxygen atoms in total. The number of aliphatic hydroxyl groups excluding tert-OH is 2. The van der Waals surface area contributed by atoms with Crippen LogP contribution in [0.3, 0.4) is 0 Å². The predicted molar refractivity (Wildman–Crippen MR) is 73.3 cm³/mol. The lowest BCUT2D eigenvalue weighted by Gasteiger charge is -2.22. The fourth-order valence-electron chi connectivity index (χ4n) is 1.17. The number of aliphatic hydroxyl groups is 2. The van der Waals surface area contributed by atoms with Gasteiger partial charge in [0.05, 0.1) is 6.61 Å². The summed E-state index contributed by atoms with van der Waals surface area (Å²) in [6, 6.07) is 0. The number of hydrogen-bond acceptors (Lipinski definition) is 5. The molecule has 0 bridgehead atoms. The first kappa shape index (κ1) is 18.3. The van der Waals surface area contributed by atoms with Crippen molar-refractivity contribution in [3.05, 3.63) is 0 Å². The molecule has 0 aliphatic carbocycles. The highest BCUT2D eigenvalue weighted by Crippen LogP contribution is 2.18. The van der Waals surface area contributed by atoms with E-state index in [4.69, 9.17) is 15.1 Å². The van der Waals surface area contributed by atoms with Gasteiger partial charge in [-0.05, 0) is 5.41 Å². The van der Waals surface area contributed by atoms with Gasteiger partial charge in [0, 0.05) is 38.1 Å². The number of hydrogen-bond donors (Lipinski definition) is 4. The molecule has 0 spiro atoms. The summed E-state index contributed by atoms with van der Waals surface area (Å²) < 4.78 is 0. The molecule has 19 heavy (non-hydrogen) atoms. The maximum Gasteiger partial charge on any atom is 0.220 e. The fourth-order valence-corrected chi connectivity index (χ4v) is 1.17. The van der Waals surface area contributed by atoms with E-state index in [-0.39, 0.29) is 31.0 Å². The molecule has 0 radical (unpaired) electrons. The van der Waals surface area contributed by atoms with Crippen LogP contribution < -0.4 is 10.8 Å². The van der Waals surface area contributed by atoms with Crippen LogP contribution >= 0.6 is 0 Å². The van der Waals surface area contributed by atoms with Gasteiger partial charge >= 0.3 is 0 Å². The minimum atomic E-state index is -0.395. The third-order valence-corrected chi connectivity index (χ3v) is 2.67. The van der Waals surface area contributed by atoms with Gasteiger partial charge in [0.1, 0.15) is 0 Å². The number of carbonyl (C=O) groups is 1. The summed E-state index contributed by atoms with van der Waals surface area (Å²) in [6.45, 7) is 8.87. The monoisotopic (exact) mass is 276 g/mol. The zero-order chi connectivity index (χ0) is 14.9. The Morgan fingerprint density at radius 1 is 1.11 bits per heavy atom. The molecule has 0 aromatic carbocycles. The van der Waals surface area contributed by atoms with Crippen molar-refractivity contribution < 1.29 is 19.8 Å². The Labute approximate surface area is 115 Å². The van der Waals surface area contributed by atoms with Gasteiger partial charge < -0.3 is 15.5 Å². The average Bonchev–Trinajstić information content (AvgIpc) is 2.33. The molecule has 114 valence electrons. The first-order valence-corrected chi connectivity index (χ1v) is 6.55. The van der Waals surface area contributed by atoms with E-state index in [1.165, 1.54) is 0 Å². The van der Waals surface area contributed by atoms with Crippen LogP contribution in [-0.2, 0) is 9.63 Å². The maximum atomic E-state index is 11.5. The Kier molecular flexibility index (Phi) is 8.17. The van der Waals surface area contributed by atoms with E-state index in [0.717, 1.165) is 0 Å². The maximum absolute atomic E-state index is 11.5. The average molecular weight is 276 g/mol. The molecule has 0 aromatic heterocycles. The van der Waals surface area contributed by atoms with Crippen LogP contribution in [0.5, 0.6) is 0 Å². The number of carbonyl (C=O) groups excluding carboxylic acids is 1. The van der Waals surface area contributed by atoms with Crippen LogP contribution in [0, 0.1) is 10.8 Å². The number of amides is 1. The third-order valence-electron chi connectivity index (χ3n) is 2.67. The topological polar surface area (TPSA) is 90.8 Å². The van der Waals surface area contributed by atoms with Gasteiger partial charge in [-0.25, -0.2) is 5.48 Å². The normalized spacial score (nSPS) is 12.5. The Balaban J connectivity index is 3.57. The quantitative estimate of drug-likeness (QED) is 0.334. The highest BCUT2D eigenvalue weighted by Gasteiger charge is 2.20. The molecular weight excluding hydrogens is 248 g/mol. The van der Waals surface area contributed by atoms with Crippen molar-refractivity contribution in [2.45, 2.75) is 34.1 Å². The van der Waals surface area contributed by atoms with Gasteiger partial charge in [-0.3, -0.25) is 9.63 Å². The first-order valence-electron chi connectivity index (χ1n) is 6.55. The molecule has 0 fully saturated rings. The van der Waals surface area contributed by atoms with Gasteiger partial charge in [0.25, 0.3) is 0 Å².